The first kappa shape index (κ1) is 8.10. The normalized spacial score (nSPS) is 10.5. The van der Waals surface area contributed by atoms with Gasteiger partial charge in [0.2, 0.25) is 0 Å². The molecule has 0 aliphatic carbocycles. The van der Waals surface area contributed by atoms with E-state index < -0.39 is 0 Å². The van der Waals surface area contributed by atoms with Gasteiger partial charge >= 0.3 is 0 Å². The molecule has 1 heterocycles. The summed E-state index contributed by atoms with van der Waals surface area (Å²) in [6.07, 6.45) is 2.83. The Morgan fingerprint density at radius 3 is 3.23 bits per heavy atom. The van der Waals surface area contributed by atoms with Gasteiger partial charge < -0.3 is 4.74 Å². The standard InChI is InChI=1S/C10H12N2O/c1-2-5-13-9-4-3-8-7-11-12-10(8)6-9/h3-4,6-7H,2,5H2,1H3,(H,11,12). The van der Waals surface area contributed by atoms with Gasteiger partial charge in [0.15, 0.2) is 0 Å². The number of ether oxygens (including phenoxy) is 1. The maximum atomic E-state index is 5.48. The van der Waals surface area contributed by atoms with Gasteiger partial charge in [-0.25, -0.2) is 0 Å². The Labute approximate surface area is 76.7 Å². The number of aromatic nitrogens is 2. The van der Waals surface area contributed by atoms with Crippen LogP contribution in [0.2, 0.25) is 0 Å². The smallest absolute Gasteiger partial charge is 0.121 e. The van der Waals surface area contributed by atoms with Crippen LogP contribution in [0, 0.1) is 0 Å². The van der Waals surface area contributed by atoms with Crippen LogP contribution < -0.4 is 4.74 Å². The van der Waals surface area contributed by atoms with E-state index >= 15 is 0 Å². The Balaban J connectivity index is 2.26. The number of H-pyrrole nitrogens is 1. The van der Waals surface area contributed by atoms with E-state index in [0.29, 0.717) is 0 Å². The average Bonchev–Trinajstić information content (AvgIpc) is 2.61. The number of benzene rings is 1. The summed E-state index contributed by atoms with van der Waals surface area (Å²) >= 11 is 0. The van der Waals surface area contributed by atoms with Crippen LogP contribution in [0.3, 0.4) is 0 Å². The molecule has 68 valence electrons. The van der Waals surface area contributed by atoms with E-state index in [4.69, 9.17) is 4.74 Å². The molecule has 3 heteroatoms. The predicted molar refractivity (Wildman–Crippen MR) is 51.9 cm³/mol. The molecule has 3 nitrogen and oxygen atoms in total. The topological polar surface area (TPSA) is 37.9 Å². The zero-order valence-electron chi connectivity index (χ0n) is 7.58. The van der Waals surface area contributed by atoms with Crippen molar-refractivity contribution in [1.29, 1.82) is 0 Å². The van der Waals surface area contributed by atoms with Crippen molar-refractivity contribution in [3.8, 4) is 5.75 Å². The number of hydrogen-bond acceptors (Lipinski definition) is 2. The molecule has 1 N–H and O–H groups in total. The Morgan fingerprint density at radius 2 is 2.38 bits per heavy atom. The fourth-order valence-electron chi connectivity index (χ4n) is 1.23. The Kier molecular flexibility index (Phi) is 2.17. The SMILES string of the molecule is CCCOc1ccc2cn[nH]c2c1. The van der Waals surface area contributed by atoms with E-state index in [1.54, 1.807) is 6.20 Å². The van der Waals surface area contributed by atoms with Crippen LogP contribution >= 0.6 is 0 Å². The predicted octanol–water partition coefficient (Wildman–Crippen LogP) is 2.35. The molecule has 13 heavy (non-hydrogen) atoms. The van der Waals surface area contributed by atoms with Gasteiger partial charge in [-0.2, -0.15) is 5.10 Å². The monoisotopic (exact) mass is 176 g/mol. The van der Waals surface area contributed by atoms with Gasteiger partial charge in [-0.3, -0.25) is 5.10 Å². The van der Waals surface area contributed by atoms with E-state index in [1.807, 2.05) is 18.2 Å². The van der Waals surface area contributed by atoms with Gasteiger partial charge in [-0.1, -0.05) is 6.92 Å². The summed E-state index contributed by atoms with van der Waals surface area (Å²) in [5, 5.41) is 7.96. The summed E-state index contributed by atoms with van der Waals surface area (Å²) < 4.78 is 5.48. The van der Waals surface area contributed by atoms with E-state index in [1.165, 1.54) is 0 Å². The average molecular weight is 176 g/mol. The van der Waals surface area contributed by atoms with Crippen LogP contribution in [0.1, 0.15) is 13.3 Å². The molecule has 0 fully saturated rings. The van der Waals surface area contributed by atoms with Crippen molar-refractivity contribution >= 4 is 10.9 Å². The van der Waals surface area contributed by atoms with Crippen LogP contribution in [-0.2, 0) is 0 Å². The van der Waals surface area contributed by atoms with Crippen molar-refractivity contribution in [2.45, 2.75) is 13.3 Å². The van der Waals surface area contributed by atoms with Crippen molar-refractivity contribution in [2.24, 2.45) is 0 Å². The summed E-state index contributed by atoms with van der Waals surface area (Å²) in [5.74, 6) is 0.901. The molecule has 0 bridgehead atoms. The summed E-state index contributed by atoms with van der Waals surface area (Å²) in [7, 11) is 0. The first-order valence-electron chi connectivity index (χ1n) is 4.46. The molecule has 2 rings (SSSR count). The first-order chi connectivity index (χ1) is 6.40. The minimum Gasteiger partial charge on any atom is -0.494 e. The molecule has 0 unspecified atom stereocenters. The van der Waals surface area contributed by atoms with E-state index in [-0.39, 0.29) is 0 Å². The zero-order chi connectivity index (χ0) is 9.10. The number of nitrogens with one attached hydrogen (secondary N) is 1. The Morgan fingerprint density at radius 1 is 1.46 bits per heavy atom. The second kappa shape index (κ2) is 3.47. The third kappa shape index (κ3) is 1.64. The van der Waals surface area contributed by atoms with Gasteiger partial charge in [-0.15, -0.1) is 0 Å². The number of nitrogens with zero attached hydrogens (tertiary/aromatic N) is 1. The fraction of sp³-hybridized carbons (Fsp3) is 0.300. The summed E-state index contributed by atoms with van der Waals surface area (Å²) in [6, 6.07) is 5.94. The second-order valence-electron chi connectivity index (χ2n) is 2.97. The Hall–Kier alpha value is -1.51. The summed E-state index contributed by atoms with van der Waals surface area (Å²) in [6.45, 7) is 2.86. The molecule has 0 saturated heterocycles. The highest BCUT2D eigenvalue weighted by molar-refractivity contribution is 5.79. The van der Waals surface area contributed by atoms with Crippen LogP contribution in [0.25, 0.3) is 10.9 Å². The van der Waals surface area contributed by atoms with Crippen LogP contribution in [0.15, 0.2) is 24.4 Å². The Bertz CT molecular complexity index is 394. The molecular formula is C10H12N2O. The van der Waals surface area contributed by atoms with E-state index in [9.17, 15) is 0 Å². The van der Waals surface area contributed by atoms with Crippen molar-refractivity contribution < 1.29 is 4.74 Å². The molecule has 0 aliphatic rings. The zero-order valence-corrected chi connectivity index (χ0v) is 7.58. The molecule has 1 aromatic carbocycles. The molecule has 1 aromatic heterocycles. The first-order valence-corrected chi connectivity index (χ1v) is 4.46. The molecule has 0 aliphatic heterocycles. The lowest BCUT2D eigenvalue weighted by Crippen LogP contribution is -1.94. The van der Waals surface area contributed by atoms with Gasteiger partial charge in [0.05, 0.1) is 18.3 Å². The summed E-state index contributed by atoms with van der Waals surface area (Å²) in [4.78, 5) is 0. The van der Waals surface area contributed by atoms with E-state index in [0.717, 1.165) is 29.7 Å². The maximum absolute atomic E-state index is 5.48. The lowest BCUT2D eigenvalue weighted by Gasteiger charge is -2.03. The fourth-order valence-corrected chi connectivity index (χ4v) is 1.23. The lowest BCUT2D eigenvalue weighted by molar-refractivity contribution is 0.318. The highest BCUT2D eigenvalue weighted by atomic mass is 16.5. The van der Waals surface area contributed by atoms with Crippen molar-refractivity contribution in [1.82, 2.24) is 10.2 Å². The van der Waals surface area contributed by atoms with Gasteiger partial charge in [0.25, 0.3) is 0 Å². The van der Waals surface area contributed by atoms with Gasteiger partial charge in [0.1, 0.15) is 5.75 Å². The van der Waals surface area contributed by atoms with Crippen LogP contribution in [0.4, 0.5) is 0 Å². The molecule has 0 amide bonds. The minimum absolute atomic E-state index is 0.764. The van der Waals surface area contributed by atoms with E-state index in [2.05, 4.69) is 17.1 Å². The van der Waals surface area contributed by atoms with Gasteiger partial charge in [0, 0.05) is 11.5 Å². The number of hydrogen-bond donors (Lipinski definition) is 1. The highest BCUT2D eigenvalue weighted by Gasteiger charge is 1.97. The van der Waals surface area contributed by atoms with Gasteiger partial charge in [-0.05, 0) is 18.6 Å². The quantitative estimate of drug-likeness (QED) is 0.779. The number of aromatic amines is 1. The molecule has 2 aromatic rings. The third-order valence-corrected chi connectivity index (χ3v) is 1.89. The van der Waals surface area contributed by atoms with Crippen molar-refractivity contribution in [3.05, 3.63) is 24.4 Å². The molecule has 0 atom stereocenters. The summed E-state index contributed by atoms with van der Waals surface area (Å²) in [5.41, 5.74) is 1.02. The molecule has 0 spiro atoms. The maximum Gasteiger partial charge on any atom is 0.121 e. The largest absolute Gasteiger partial charge is 0.494 e. The molecule has 0 radical (unpaired) electrons. The molecule has 0 saturated carbocycles. The third-order valence-electron chi connectivity index (χ3n) is 1.89. The van der Waals surface area contributed by atoms with Crippen molar-refractivity contribution in [2.75, 3.05) is 6.61 Å². The number of fused-ring (bicyclic) bond motifs is 1. The minimum atomic E-state index is 0.764. The molecular weight excluding hydrogens is 164 g/mol. The highest BCUT2D eigenvalue weighted by Crippen LogP contribution is 2.18. The van der Waals surface area contributed by atoms with Crippen molar-refractivity contribution in [3.63, 3.8) is 0 Å². The number of rotatable bonds is 3. The second-order valence-corrected chi connectivity index (χ2v) is 2.97. The lowest BCUT2D eigenvalue weighted by atomic mass is 10.2. The van der Waals surface area contributed by atoms with Crippen LogP contribution in [-0.4, -0.2) is 16.8 Å². The van der Waals surface area contributed by atoms with Crippen LogP contribution in [0.5, 0.6) is 5.75 Å².